The average molecular weight is 462 g/mol. The van der Waals surface area contributed by atoms with Gasteiger partial charge in [-0.3, -0.25) is 9.58 Å². The fraction of sp³-hybridized carbons (Fsp3) is 0.300. The molecule has 1 aromatic carbocycles. The number of cyclic esters (lactones) is 1. The van der Waals surface area contributed by atoms with E-state index in [9.17, 15) is 22.8 Å². The molecule has 3 aromatic rings. The molecule has 1 unspecified atom stereocenters. The molecule has 13 heteroatoms. The Morgan fingerprint density at radius 3 is 2.67 bits per heavy atom. The molecule has 5 rings (SSSR count). The summed E-state index contributed by atoms with van der Waals surface area (Å²) in [5.41, 5.74) is 1.30. The van der Waals surface area contributed by atoms with Crippen LogP contribution in [0, 0.1) is 17.5 Å². The van der Waals surface area contributed by atoms with Gasteiger partial charge in [-0.1, -0.05) is 0 Å². The first-order valence-electron chi connectivity index (χ1n) is 9.95. The summed E-state index contributed by atoms with van der Waals surface area (Å²) in [7, 11) is 0. The van der Waals surface area contributed by atoms with E-state index in [1.807, 2.05) is 0 Å². The number of anilines is 2. The number of halogens is 3. The summed E-state index contributed by atoms with van der Waals surface area (Å²) in [4.78, 5) is 32.2. The summed E-state index contributed by atoms with van der Waals surface area (Å²) in [6, 6.07) is 0.431. The van der Waals surface area contributed by atoms with Crippen LogP contribution >= 0.6 is 0 Å². The molecule has 3 amide bonds. The van der Waals surface area contributed by atoms with E-state index in [0.29, 0.717) is 35.8 Å². The summed E-state index contributed by atoms with van der Waals surface area (Å²) in [6.45, 7) is 2.35. The van der Waals surface area contributed by atoms with E-state index >= 15 is 0 Å². The maximum atomic E-state index is 13.5. The number of ether oxygens (including phenoxy) is 1. The number of oxazole rings is 1. The predicted molar refractivity (Wildman–Crippen MR) is 106 cm³/mol. The maximum Gasteiger partial charge on any atom is 0.415 e. The van der Waals surface area contributed by atoms with Crippen LogP contribution in [0.2, 0.25) is 0 Å². The molecule has 0 bridgehead atoms. The van der Waals surface area contributed by atoms with Gasteiger partial charge < -0.3 is 19.4 Å². The highest BCUT2D eigenvalue weighted by Gasteiger charge is 2.39. The number of carbonyl (C=O) groups is 2. The second-order valence-electron chi connectivity index (χ2n) is 7.72. The van der Waals surface area contributed by atoms with Crippen molar-refractivity contribution in [1.29, 1.82) is 0 Å². The molecule has 2 aliphatic heterocycles. The third kappa shape index (κ3) is 3.64. The summed E-state index contributed by atoms with van der Waals surface area (Å²) >= 11 is 0. The fourth-order valence-electron chi connectivity index (χ4n) is 3.90. The molecular formula is C20H17F3N6O4. The van der Waals surface area contributed by atoms with Gasteiger partial charge in [0.05, 0.1) is 43.3 Å². The Morgan fingerprint density at radius 1 is 1.21 bits per heavy atom. The van der Waals surface area contributed by atoms with E-state index in [0.717, 1.165) is 0 Å². The van der Waals surface area contributed by atoms with Gasteiger partial charge in [-0.25, -0.2) is 27.7 Å². The third-order valence-corrected chi connectivity index (χ3v) is 5.60. The topological polar surface area (TPSA) is 106 Å². The normalized spacial score (nSPS) is 20.1. The number of hydrogen-bond donors (Lipinski definition) is 1. The van der Waals surface area contributed by atoms with Crippen LogP contribution in [0.1, 0.15) is 24.4 Å². The number of nitrogens with zero attached hydrogens (tertiary/aromatic N) is 5. The smallest absolute Gasteiger partial charge is 0.415 e. The highest BCUT2D eigenvalue weighted by atomic mass is 19.2. The molecule has 0 spiro atoms. The molecule has 1 fully saturated rings. The van der Waals surface area contributed by atoms with Gasteiger partial charge in [0.2, 0.25) is 0 Å². The van der Waals surface area contributed by atoms with E-state index in [2.05, 4.69) is 15.4 Å². The van der Waals surface area contributed by atoms with Crippen LogP contribution in [-0.4, -0.2) is 44.4 Å². The first-order chi connectivity index (χ1) is 15.8. The molecule has 4 heterocycles. The van der Waals surface area contributed by atoms with Crippen LogP contribution in [0.5, 0.6) is 0 Å². The number of aromatic nitrogens is 3. The van der Waals surface area contributed by atoms with Crippen LogP contribution in [0.15, 0.2) is 35.4 Å². The van der Waals surface area contributed by atoms with Crippen LogP contribution in [0.4, 0.5) is 34.1 Å². The van der Waals surface area contributed by atoms with E-state index in [1.54, 1.807) is 11.6 Å². The van der Waals surface area contributed by atoms with Gasteiger partial charge in [-0.2, -0.15) is 5.10 Å². The number of urea groups is 1. The van der Waals surface area contributed by atoms with Gasteiger partial charge in [-0.05, 0) is 6.92 Å². The molecule has 2 atom stereocenters. The first kappa shape index (κ1) is 20.8. The lowest BCUT2D eigenvalue weighted by molar-refractivity contribution is 0.140. The van der Waals surface area contributed by atoms with E-state index in [-0.39, 0.29) is 24.8 Å². The monoisotopic (exact) mass is 462 g/mol. The lowest BCUT2D eigenvalue weighted by Gasteiger charge is -2.34. The number of hydrogen-bond acceptors (Lipinski definition) is 6. The van der Waals surface area contributed by atoms with E-state index in [4.69, 9.17) is 9.15 Å². The minimum Gasteiger partial charge on any atom is -0.451 e. The Hall–Kier alpha value is -4.03. The van der Waals surface area contributed by atoms with Crippen LogP contribution in [0.25, 0.3) is 0 Å². The van der Waals surface area contributed by atoms with Crippen molar-refractivity contribution in [3.05, 3.63) is 59.8 Å². The van der Waals surface area contributed by atoms with Crippen molar-refractivity contribution in [2.45, 2.75) is 32.2 Å². The van der Waals surface area contributed by atoms with Crippen LogP contribution in [-0.2, 0) is 17.8 Å². The second kappa shape index (κ2) is 7.83. The van der Waals surface area contributed by atoms with Gasteiger partial charge in [0.25, 0.3) is 0 Å². The van der Waals surface area contributed by atoms with E-state index < -0.39 is 35.7 Å². The van der Waals surface area contributed by atoms with Crippen molar-refractivity contribution < 1.29 is 31.9 Å². The average Bonchev–Trinajstić information content (AvgIpc) is 3.50. The van der Waals surface area contributed by atoms with Crippen molar-refractivity contribution in [2.75, 3.05) is 16.8 Å². The molecule has 33 heavy (non-hydrogen) atoms. The molecule has 0 saturated carbocycles. The second-order valence-corrected chi connectivity index (χ2v) is 7.72. The molecule has 0 aliphatic carbocycles. The number of amides is 3. The van der Waals surface area contributed by atoms with Crippen molar-refractivity contribution in [1.82, 2.24) is 19.7 Å². The molecule has 0 radical (unpaired) electrons. The Balaban J connectivity index is 1.36. The summed E-state index contributed by atoms with van der Waals surface area (Å²) in [5, 5.41) is 6.70. The Morgan fingerprint density at radius 2 is 1.97 bits per heavy atom. The largest absolute Gasteiger partial charge is 0.451 e. The standard InChI is InChI=1S/C20H17F3N6O4/c1-10-5-29-16(6-27(10)19(30)26-11-2-12(21)18(23)13(22)3-11)15(4-25-29)28-7-17(33-20(28)31)14-8-32-9-24-14/h2-4,8-10,17H,5-7H2,1H3,(H,26,30)/t10-,17?/m0/s1. The maximum absolute atomic E-state index is 13.5. The Bertz CT molecular complexity index is 1210. The van der Waals surface area contributed by atoms with Crippen LogP contribution in [0.3, 0.4) is 0 Å². The van der Waals surface area contributed by atoms with Crippen LogP contribution < -0.4 is 10.2 Å². The highest BCUT2D eigenvalue weighted by molar-refractivity contribution is 5.91. The van der Waals surface area contributed by atoms with Gasteiger partial charge in [0.1, 0.15) is 12.0 Å². The number of fused-ring (bicyclic) bond motifs is 1. The highest BCUT2D eigenvalue weighted by Crippen LogP contribution is 2.34. The Labute approximate surface area is 184 Å². The zero-order chi connectivity index (χ0) is 23.3. The SMILES string of the molecule is C[C@H]1Cn2ncc(N3CC(c4cocn4)OC3=O)c2CN1C(=O)Nc1cc(F)c(F)c(F)c1. The minimum absolute atomic E-state index is 0.0624. The molecule has 2 aliphatic rings. The number of carbonyl (C=O) groups excluding carboxylic acids is 2. The molecular weight excluding hydrogens is 445 g/mol. The molecule has 10 nitrogen and oxygen atoms in total. The lowest BCUT2D eigenvalue weighted by atomic mass is 10.2. The van der Waals surface area contributed by atoms with Crippen molar-refractivity contribution in [2.24, 2.45) is 0 Å². The summed E-state index contributed by atoms with van der Waals surface area (Å²) in [6.07, 6.45) is 2.94. The Kier molecular flexibility index (Phi) is 4.95. The molecule has 1 N–H and O–H groups in total. The number of benzene rings is 1. The fourth-order valence-corrected chi connectivity index (χ4v) is 3.90. The number of nitrogens with one attached hydrogen (secondary N) is 1. The van der Waals surface area contributed by atoms with Gasteiger partial charge in [-0.15, -0.1) is 0 Å². The number of rotatable bonds is 3. The predicted octanol–water partition coefficient (Wildman–Crippen LogP) is 3.42. The third-order valence-electron chi connectivity index (χ3n) is 5.60. The summed E-state index contributed by atoms with van der Waals surface area (Å²) < 4.78 is 52.2. The minimum atomic E-state index is -1.62. The summed E-state index contributed by atoms with van der Waals surface area (Å²) in [5.74, 6) is -4.44. The molecule has 1 saturated heterocycles. The van der Waals surface area contributed by atoms with Gasteiger partial charge in [0.15, 0.2) is 29.9 Å². The van der Waals surface area contributed by atoms with Gasteiger partial charge in [0, 0.05) is 17.8 Å². The van der Waals surface area contributed by atoms with Crippen molar-refractivity contribution >= 4 is 23.5 Å². The van der Waals surface area contributed by atoms with E-state index in [1.165, 1.54) is 28.7 Å². The van der Waals surface area contributed by atoms with Crippen molar-refractivity contribution in [3.8, 4) is 0 Å². The first-order valence-corrected chi connectivity index (χ1v) is 9.95. The molecule has 2 aromatic heterocycles. The zero-order valence-corrected chi connectivity index (χ0v) is 17.2. The lowest BCUT2D eigenvalue weighted by Crippen LogP contribution is -2.47. The van der Waals surface area contributed by atoms with Gasteiger partial charge >= 0.3 is 12.1 Å². The zero-order valence-electron chi connectivity index (χ0n) is 17.2. The van der Waals surface area contributed by atoms with Crippen molar-refractivity contribution in [3.63, 3.8) is 0 Å². The molecule has 172 valence electrons. The quantitative estimate of drug-likeness (QED) is 0.598.